The zero-order valence-corrected chi connectivity index (χ0v) is 11.6. The highest BCUT2D eigenvalue weighted by molar-refractivity contribution is 5.76. The van der Waals surface area contributed by atoms with Crippen LogP contribution in [0.2, 0.25) is 0 Å². The third-order valence-corrected chi connectivity index (χ3v) is 2.32. The normalized spacial score (nSPS) is 12.9. The third kappa shape index (κ3) is 4.87. The van der Waals surface area contributed by atoms with Crippen LogP contribution in [0.25, 0.3) is 0 Å². The fraction of sp³-hybridized carbons (Fsp3) is 0.500. The molecule has 0 fully saturated rings. The summed E-state index contributed by atoms with van der Waals surface area (Å²) in [6.45, 7) is 5.25. The second kappa shape index (κ2) is 6.02. The summed E-state index contributed by atoms with van der Waals surface area (Å²) in [5.74, 6) is -0.633. The van der Waals surface area contributed by atoms with E-state index >= 15 is 0 Å². The van der Waals surface area contributed by atoms with E-state index in [9.17, 15) is 9.18 Å². The van der Waals surface area contributed by atoms with Crippen LogP contribution in [-0.2, 0) is 16.0 Å². The summed E-state index contributed by atoms with van der Waals surface area (Å²) in [5, 5.41) is 0. The monoisotopic (exact) mass is 268 g/mol. The summed E-state index contributed by atoms with van der Waals surface area (Å²) in [6, 6.07) is 4.33. The third-order valence-electron chi connectivity index (χ3n) is 2.32. The zero-order valence-electron chi connectivity index (χ0n) is 11.6. The lowest BCUT2D eigenvalue weighted by Gasteiger charge is -2.22. The Labute approximate surface area is 112 Å². The summed E-state index contributed by atoms with van der Waals surface area (Å²) in [4.78, 5) is 11.7. The molecule has 1 atom stereocenters. The van der Waals surface area contributed by atoms with Crippen LogP contribution in [0.4, 0.5) is 4.39 Å². The maximum atomic E-state index is 13.6. The highest BCUT2D eigenvalue weighted by atomic mass is 19.1. The van der Waals surface area contributed by atoms with Crippen molar-refractivity contribution >= 4 is 5.97 Å². The quantitative estimate of drug-likeness (QED) is 0.846. The van der Waals surface area contributed by atoms with Crippen LogP contribution in [0, 0.1) is 11.9 Å². The van der Waals surface area contributed by atoms with Crippen LogP contribution in [0.1, 0.15) is 26.3 Å². The zero-order chi connectivity index (χ0) is 14.6. The van der Waals surface area contributed by atoms with Gasteiger partial charge in [0.15, 0.2) is 0 Å². The number of nitrogens with two attached hydrogens (primary N) is 1. The van der Waals surface area contributed by atoms with Crippen molar-refractivity contribution < 1.29 is 18.7 Å². The average Bonchev–Trinajstić information content (AvgIpc) is 2.29. The lowest BCUT2D eigenvalue weighted by atomic mass is 10.1. The van der Waals surface area contributed by atoms with Crippen molar-refractivity contribution in [2.45, 2.75) is 38.8 Å². The Morgan fingerprint density at radius 2 is 2.16 bits per heavy atom. The number of carbonyl (C=O) groups is 1. The molecule has 0 saturated carbocycles. The minimum Gasteiger partial charge on any atom is -0.496 e. The first-order chi connectivity index (χ1) is 8.73. The fourth-order valence-electron chi connectivity index (χ4n) is 1.47. The number of hydrogen-bond acceptors (Lipinski definition) is 4. The van der Waals surface area contributed by atoms with Gasteiger partial charge >= 0.3 is 5.97 Å². The number of rotatable bonds is 4. The maximum Gasteiger partial charge on any atom is 0.323 e. The standard InChI is InChI=1S/C14H19FNO3/c1-14(2,3)19-13(17)12(16)8-9-7-10(18-4)5-6-11(9)15/h6-7,12H,8,16H2,1-4H3. The minimum atomic E-state index is -0.916. The first-order valence-corrected chi connectivity index (χ1v) is 5.95. The Balaban J connectivity index is 2.76. The Morgan fingerprint density at radius 1 is 1.53 bits per heavy atom. The van der Waals surface area contributed by atoms with Gasteiger partial charge in [-0.15, -0.1) is 0 Å². The van der Waals surface area contributed by atoms with E-state index in [1.54, 1.807) is 20.8 Å². The van der Waals surface area contributed by atoms with Gasteiger partial charge in [-0.3, -0.25) is 4.79 Å². The molecule has 0 bridgehead atoms. The van der Waals surface area contributed by atoms with Crippen molar-refractivity contribution in [2.24, 2.45) is 5.73 Å². The Hall–Kier alpha value is -1.62. The molecule has 105 valence electrons. The molecule has 1 radical (unpaired) electrons. The van der Waals surface area contributed by atoms with Crippen LogP contribution in [-0.4, -0.2) is 24.7 Å². The average molecular weight is 268 g/mol. The summed E-state index contributed by atoms with van der Waals surface area (Å²) >= 11 is 0. The number of benzene rings is 1. The lowest BCUT2D eigenvalue weighted by Crippen LogP contribution is -2.39. The van der Waals surface area contributed by atoms with E-state index in [1.165, 1.54) is 13.2 Å². The second-order valence-corrected chi connectivity index (χ2v) is 5.22. The Bertz CT molecular complexity index is 454. The number of methoxy groups -OCH3 is 1. The molecule has 4 nitrogen and oxygen atoms in total. The summed E-state index contributed by atoms with van der Waals surface area (Å²) in [5.41, 5.74) is 5.41. The van der Waals surface area contributed by atoms with Gasteiger partial charge in [0.25, 0.3) is 0 Å². The molecule has 0 heterocycles. The predicted molar refractivity (Wildman–Crippen MR) is 69.3 cm³/mol. The van der Waals surface area contributed by atoms with Crippen LogP contribution >= 0.6 is 0 Å². The van der Waals surface area contributed by atoms with E-state index in [4.69, 9.17) is 15.2 Å². The van der Waals surface area contributed by atoms with Crippen molar-refractivity contribution in [3.05, 3.63) is 29.6 Å². The second-order valence-electron chi connectivity index (χ2n) is 5.22. The molecule has 1 rings (SSSR count). The minimum absolute atomic E-state index is 0.0474. The van der Waals surface area contributed by atoms with Crippen LogP contribution in [0.5, 0.6) is 5.75 Å². The van der Waals surface area contributed by atoms with E-state index in [0.29, 0.717) is 11.3 Å². The van der Waals surface area contributed by atoms with Crippen LogP contribution in [0.15, 0.2) is 12.1 Å². The molecule has 0 aliphatic heterocycles. The smallest absolute Gasteiger partial charge is 0.323 e. The Kier molecular flexibility index (Phi) is 4.89. The fourth-order valence-corrected chi connectivity index (χ4v) is 1.47. The molecular weight excluding hydrogens is 249 g/mol. The van der Waals surface area contributed by atoms with Crippen molar-refractivity contribution in [3.63, 3.8) is 0 Å². The van der Waals surface area contributed by atoms with Gasteiger partial charge in [-0.25, -0.2) is 4.39 Å². The largest absolute Gasteiger partial charge is 0.496 e. The predicted octanol–water partition coefficient (Wildman–Crippen LogP) is 1.85. The molecule has 0 aliphatic rings. The van der Waals surface area contributed by atoms with Crippen LogP contribution < -0.4 is 10.5 Å². The molecular formula is C14H19FNO3. The molecule has 1 unspecified atom stereocenters. The summed E-state index contributed by atoms with van der Waals surface area (Å²) < 4.78 is 23.7. The van der Waals surface area contributed by atoms with E-state index in [1.807, 2.05) is 0 Å². The van der Waals surface area contributed by atoms with Gasteiger partial charge in [0.05, 0.1) is 7.11 Å². The number of ether oxygens (including phenoxy) is 2. The van der Waals surface area contributed by atoms with Gasteiger partial charge < -0.3 is 15.2 Å². The molecule has 0 aromatic heterocycles. The van der Waals surface area contributed by atoms with Crippen LogP contribution in [0.3, 0.4) is 0 Å². The molecule has 1 aromatic carbocycles. The topological polar surface area (TPSA) is 61.5 Å². The van der Waals surface area contributed by atoms with E-state index in [-0.39, 0.29) is 6.42 Å². The maximum absolute atomic E-state index is 13.6. The number of carbonyl (C=O) groups excluding carboxylic acids is 1. The molecule has 2 N–H and O–H groups in total. The van der Waals surface area contributed by atoms with E-state index in [2.05, 4.69) is 6.07 Å². The van der Waals surface area contributed by atoms with Crippen molar-refractivity contribution in [1.29, 1.82) is 0 Å². The van der Waals surface area contributed by atoms with E-state index in [0.717, 1.165) is 6.07 Å². The highest BCUT2D eigenvalue weighted by Gasteiger charge is 2.23. The Morgan fingerprint density at radius 3 is 2.68 bits per heavy atom. The SMILES string of the molecule is COc1[c]cc(F)c(CC(N)C(=O)OC(C)(C)C)c1. The van der Waals surface area contributed by atoms with Crippen molar-refractivity contribution in [3.8, 4) is 5.75 Å². The van der Waals surface area contributed by atoms with Gasteiger partial charge in [0, 0.05) is 12.5 Å². The van der Waals surface area contributed by atoms with Gasteiger partial charge in [-0.1, -0.05) is 0 Å². The number of hydrogen-bond donors (Lipinski definition) is 1. The molecule has 5 heteroatoms. The number of esters is 1. The molecule has 0 amide bonds. The summed E-state index contributed by atoms with van der Waals surface area (Å²) in [6.07, 6.45) is 0.0474. The highest BCUT2D eigenvalue weighted by Crippen LogP contribution is 2.18. The summed E-state index contributed by atoms with van der Waals surface area (Å²) in [7, 11) is 1.46. The van der Waals surface area contributed by atoms with Gasteiger partial charge in [-0.2, -0.15) is 0 Å². The molecule has 0 saturated heterocycles. The molecule has 0 aliphatic carbocycles. The molecule has 0 spiro atoms. The lowest BCUT2D eigenvalue weighted by molar-refractivity contribution is -0.156. The molecule has 1 aromatic rings. The first-order valence-electron chi connectivity index (χ1n) is 5.95. The van der Waals surface area contributed by atoms with Gasteiger partial charge in [0.1, 0.15) is 23.2 Å². The molecule has 19 heavy (non-hydrogen) atoms. The first kappa shape index (κ1) is 15.4. The van der Waals surface area contributed by atoms with Gasteiger partial charge in [-0.05, 0) is 38.5 Å². The van der Waals surface area contributed by atoms with Gasteiger partial charge in [0.2, 0.25) is 0 Å². The van der Waals surface area contributed by atoms with Crippen molar-refractivity contribution in [2.75, 3.05) is 7.11 Å². The van der Waals surface area contributed by atoms with Crippen molar-refractivity contribution in [1.82, 2.24) is 0 Å². The van der Waals surface area contributed by atoms with E-state index < -0.39 is 23.4 Å². The number of halogens is 1.